The van der Waals surface area contributed by atoms with Gasteiger partial charge in [0.15, 0.2) is 0 Å². The number of rotatable bonds is 4. The first-order chi connectivity index (χ1) is 12.4. The van der Waals surface area contributed by atoms with Gasteiger partial charge in [0, 0.05) is 9.79 Å². The van der Waals surface area contributed by atoms with Gasteiger partial charge in [-0.2, -0.15) is 5.01 Å². The molecule has 0 spiro atoms. The van der Waals surface area contributed by atoms with Gasteiger partial charge in [0.2, 0.25) is 12.3 Å². The van der Waals surface area contributed by atoms with Crippen LogP contribution in [0.1, 0.15) is 5.56 Å². The molecule has 1 N–H and O–H groups in total. The fraction of sp³-hybridized carbons (Fsp3) is 0.118. The highest BCUT2D eigenvalue weighted by molar-refractivity contribution is 7.99. The van der Waals surface area contributed by atoms with Crippen LogP contribution >= 0.6 is 35.0 Å². The van der Waals surface area contributed by atoms with Crippen molar-refractivity contribution < 1.29 is 14.4 Å². The van der Waals surface area contributed by atoms with Crippen LogP contribution in [0.4, 0.5) is 10.5 Å². The van der Waals surface area contributed by atoms with E-state index in [-0.39, 0.29) is 12.2 Å². The van der Waals surface area contributed by atoms with E-state index in [0.717, 1.165) is 20.5 Å². The summed E-state index contributed by atoms with van der Waals surface area (Å²) in [5.74, 6) is -0.568. The van der Waals surface area contributed by atoms with E-state index in [0.29, 0.717) is 21.4 Å². The highest BCUT2D eigenvalue weighted by Crippen LogP contribution is 2.41. The van der Waals surface area contributed by atoms with E-state index in [1.54, 1.807) is 0 Å². The number of aryl methyl sites for hydroxylation is 1. The molecule has 0 unspecified atom stereocenters. The van der Waals surface area contributed by atoms with Gasteiger partial charge in [0.1, 0.15) is 6.54 Å². The van der Waals surface area contributed by atoms with Crippen LogP contribution in [0.3, 0.4) is 0 Å². The van der Waals surface area contributed by atoms with Crippen molar-refractivity contribution in [1.29, 1.82) is 0 Å². The lowest BCUT2D eigenvalue weighted by Gasteiger charge is -2.35. The largest absolute Gasteiger partial charge is 0.347 e. The van der Waals surface area contributed by atoms with Crippen LogP contribution in [-0.2, 0) is 9.59 Å². The third-order valence-corrected chi connectivity index (χ3v) is 5.56. The monoisotopic (exact) mass is 409 g/mol. The van der Waals surface area contributed by atoms with E-state index in [9.17, 15) is 14.4 Å². The van der Waals surface area contributed by atoms with Crippen LogP contribution < -0.4 is 10.3 Å². The summed E-state index contributed by atoms with van der Waals surface area (Å²) in [6, 6.07) is 10.2. The molecule has 0 aromatic heterocycles. The van der Waals surface area contributed by atoms with Crippen molar-refractivity contribution in [2.75, 3.05) is 11.6 Å². The third kappa shape index (κ3) is 3.80. The number of amides is 4. The maximum atomic E-state index is 12.1. The fourth-order valence-corrected chi connectivity index (χ4v) is 3.91. The van der Waals surface area contributed by atoms with Crippen molar-refractivity contribution in [2.24, 2.45) is 0 Å². The first kappa shape index (κ1) is 18.6. The molecule has 3 rings (SSSR count). The van der Waals surface area contributed by atoms with Gasteiger partial charge in [-0.3, -0.25) is 14.9 Å². The van der Waals surface area contributed by atoms with Gasteiger partial charge in [0.25, 0.3) is 0 Å². The first-order valence-corrected chi connectivity index (χ1v) is 9.05. The highest BCUT2D eigenvalue weighted by Gasteiger charge is 2.31. The molecule has 0 saturated carbocycles. The van der Waals surface area contributed by atoms with Crippen molar-refractivity contribution >= 4 is 59.0 Å². The van der Waals surface area contributed by atoms with E-state index < -0.39 is 11.9 Å². The van der Waals surface area contributed by atoms with Crippen molar-refractivity contribution in [3.8, 4) is 0 Å². The molecular formula is C17H13Cl2N3O3S. The normalized spacial score (nSPS) is 14.4. The maximum Gasteiger partial charge on any atom is 0.347 e. The highest BCUT2D eigenvalue weighted by atomic mass is 35.5. The SMILES string of the molecule is Cc1ccc(Sc2c(Cl)cc(N3C(=O)NC(=O)CN3C=O)cc2Cl)cc1. The van der Waals surface area contributed by atoms with Crippen molar-refractivity contribution in [3.05, 3.63) is 52.0 Å². The Balaban J connectivity index is 1.93. The van der Waals surface area contributed by atoms with Gasteiger partial charge in [-0.15, -0.1) is 0 Å². The Hall–Kier alpha value is -2.22. The zero-order chi connectivity index (χ0) is 18.8. The number of imide groups is 1. The molecule has 1 heterocycles. The van der Waals surface area contributed by atoms with Gasteiger partial charge >= 0.3 is 6.03 Å². The summed E-state index contributed by atoms with van der Waals surface area (Å²) in [6.45, 7) is 1.72. The smallest absolute Gasteiger partial charge is 0.277 e. The maximum absolute atomic E-state index is 12.1. The van der Waals surface area contributed by atoms with Crippen molar-refractivity contribution in [2.45, 2.75) is 16.7 Å². The summed E-state index contributed by atoms with van der Waals surface area (Å²) in [5.41, 5.74) is 1.42. The molecule has 1 aliphatic rings. The van der Waals surface area contributed by atoms with Gasteiger partial charge in [-0.05, 0) is 31.2 Å². The van der Waals surface area contributed by atoms with Crippen LogP contribution in [-0.4, -0.2) is 29.9 Å². The summed E-state index contributed by atoms with van der Waals surface area (Å²) in [6.07, 6.45) is 0.396. The summed E-state index contributed by atoms with van der Waals surface area (Å²) in [5, 5.41) is 4.78. The standard InChI is InChI=1S/C17H13Cl2N3O3S/c1-10-2-4-12(5-3-10)26-16-13(18)6-11(7-14(16)19)22-17(25)20-15(24)8-21(22)9-23/h2-7,9H,8H2,1H3,(H,20,24,25). The Kier molecular flexibility index (Phi) is 5.41. The van der Waals surface area contributed by atoms with E-state index in [1.807, 2.05) is 31.2 Å². The number of anilines is 1. The summed E-state index contributed by atoms with van der Waals surface area (Å²) < 4.78 is 0. The average molecular weight is 410 g/mol. The molecule has 0 aliphatic carbocycles. The van der Waals surface area contributed by atoms with Crippen LogP contribution in [0.25, 0.3) is 0 Å². The van der Waals surface area contributed by atoms with Crippen LogP contribution in [0.5, 0.6) is 0 Å². The molecule has 2 aromatic rings. The van der Waals surface area contributed by atoms with Crippen molar-refractivity contribution in [3.63, 3.8) is 0 Å². The number of carbonyl (C=O) groups is 3. The fourth-order valence-electron chi connectivity index (χ4n) is 2.39. The van der Waals surface area contributed by atoms with Crippen molar-refractivity contribution in [1.82, 2.24) is 10.3 Å². The molecule has 1 fully saturated rings. The number of nitrogens with zero attached hydrogens (tertiary/aromatic N) is 2. The molecule has 2 aromatic carbocycles. The number of nitrogens with one attached hydrogen (secondary N) is 1. The zero-order valence-electron chi connectivity index (χ0n) is 13.5. The molecule has 1 aliphatic heterocycles. The van der Waals surface area contributed by atoms with E-state index in [4.69, 9.17) is 23.2 Å². The van der Waals surface area contributed by atoms with Gasteiger partial charge in [-0.1, -0.05) is 52.7 Å². The number of urea groups is 1. The number of halogens is 2. The Morgan fingerprint density at radius 2 is 1.73 bits per heavy atom. The predicted molar refractivity (Wildman–Crippen MR) is 101 cm³/mol. The van der Waals surface area contributed by atoms with Gasteiger partial charge in [-0.25, -0.2) is 9.80 Å². The van der Waals surface area contributed by atoms with Crippen LogP contribution in [0, 0.1) is 6.92 Å². The molecule has 1 saturated heterocycles. The summed E-state index contributed by atoms with van der Waals surface area (Å²) in [7, 11) is 0. The zero-order valence-corrected chi connectivity index (χ0v) is 15.9. The molecular weight excluding hydrogens is 397 g/mol. The predicted octanol–water partition coefficient (Wildman–Crippen LogP) is 3.88. The molecule has 134 valence electrons. The van der Waals surface area contributed by atoms with E-state index in [2.05, 4.69) is 5.32 Å². The Morgan fingerprint density at radius 1 is 1.12 bits per heavy atom. The van der Waals surface area contributed by atoms with Gasteiger partial charge in [0.05, 0.1) is 15.7 Å². The van der Waals surface area contributed by atoms with Gasteiger partial charge < -0.3 is 0 Å². The minimum Gasteiger partial charge on any atom is -0.277 e. The Labute approximate surface area is 164 Å². The lowest BCUT2D eigenvalue weighted by atomic mass is 10.2. The second-order valence-corrected chi connectivity index (χ2v) is 7.42. The molecule has 9 heteroatoms. The Bertz CT molecular complexity index is 866. The van der Waals surface area contributed by atoms with Crippen LogP contribution in [0.2, 0.25) is 10.0 Å². The van der Waals surface area contributed by atoms with E-state index in [1.165, 1.54) is 23.9 Å². The lowest BCUT2D eigenvalue weighted by Crippen LogP contribution is -2.60. The topological polar surface area (TPSA) is 69.7 Å². The molecule has 6 nitrogen and oxygen atoms in total. The molecule has 0 bridgehead atoms. The molecule has 0 atom stereocenters. The number of hydrogen-bond acceptors (Lipinski definition) is 4. The van der Waals surface area contributed by atoms with E-state index >= 15 is 0 Å². The summed E-state index contributed by atoms with van der Waals surface area (Å²) in [4.78, 5) is 36.3. The minimum absolute atomic E-state index is 0.273. The first-order valence-electron chi connectivity index (χ1n) is 7.48. The number of benzene rings is 2. The average Bonchev–Trinajstić information content (AvgIpc) is 2.58. The summed E-state index contributed by atoms with van der Waals surface area (Å²) >= 11 is 14.1. The molecule has 0 radical (unpaired) electrons. The number of hydrazine groups is 1. The lowest BCUT2D eigenvalue weighted by molar-refractivity contribution is -0.129. The number of hydrogen-bond donors (Lipinski definition) is 1. The van der Waals surface area contributed by atoms with Crippen LogP contribution in [0.15, 0.2) is 46.2 Å². The third-order valence-electron chi connectivity index (χ3n) is 3.59. The Morgan fingerprint density at radius 3 is 2.31 bits per heavy atom. The minimum atomic E-state index is -0.751. The quantitative estimate of drug-likeness (QED) is 0.777. The second-order valence-electron chi connectivity index (χ2n) is 5.52. The molecule has 26 heavy (non-hydrogen) atoms. The second kappa shape index (κ2) is 7.57. The number of carbonyl (C=O) groups excluding carboxylic acids is 3. The molecule has 4 amide bonds.